The Labute approximate surface area is 150 Å². The molecule has 0 saturated carbocycles. The summed E-state index contributed by atoms with van der Waals surface area (Å²) >= 11 is 3.46. The second-order valence-electron chi connectivity index (χ2n) is 5.10. The molecule has 0 aromatic heterocycles. The van der Waals surface area contributed by atoms with Crippen LogP contribution in [0.15, 0.2) is 40.9 Å². The molecule has 0 radical (unpaired) electrons. The quantitative estimate of drug-likeness (QED) is 0.783. The van der Waals surface area contributed by atoms with Crippen LogP contribution in [0.25, 0.3) is 0 Å². The molecule has 0 aliphatic heterocycles. The van der Waals surface area contributed by atoms with Gasteiger partial charge in [0.1, 0.15) is 5.75 Å². The van der Waals surface area contributed by atoms with Gasteiger partial charge in [-0.2, -0.15) is 0 Å². The lowest BCUT2D eigenvalue weighted by molar-refractivity contribution is -0.120. The second kappa shape index (κ2) is 8.59. The summed E-state index contributed by atoms with van der Waals surface area (Å²) in [6, 6.07) is 11.2. The number of halogens is 1. The van der Waals surface area contributed by atoms with Crippen molar-refractivity contribution in [2.75, 3.05) is 21.3 Å². The van der Waals surface area contributed by atoms with Crippen molar-refractivity contribution < 1.29 is 19.0 Å². The van der Waals surface area contributed by atoms with Gasteiger partial charge in [-0.15, -0.1) is 0 Å². The Morgan fingerprint density at radius 2 is 1.62 bits per heavy atom. The molecule has 0 bridgehead atoms. The third-order valence-corrected chi connectivity index (χ3v) is 4.29. The predicted molar refractivity (Wildman–Crippen MR) is 95.8 cm³/mol. The summed E-state index contributed by atoms with van der Waals surface area (Å²) in [7, 11) is 4.77. The van der Waals surface area contributed by atoms with E-state index in [1.165, 1.54) is 0 Å². The van der Waals surface area contributed by atoms with Crippen molar-refractivity contribution >= 4 is 21.8 Å². The summed E-state index contributed by atoms with van der Waals surface area (Å²) in [5.74, 6) is 1.93. The first-order valence-corrected chi connectivity index (χ1v) is 8.16. The van der Waals surface area contributed by atoms with Crippen LogP contribution in [0.2, 0.25) is 0 Å². The Kier molecular flexibility index (Phi) is 6.49. The Balaban J connectivity index is 1.98. The largest absolute Gasteiger partial charge is 0.497 e. The molecular formula is C18H20BrNO4. The van der Waals surface area contributed by atoms with Gasteiger partial charge in [0.05, 0.1) is 27.8 Å². The zero-order chi connectivity index (χ0) is 17.5. The fourth-order valence-corrected chi connectivity index (χ4v) is 2.67. The number of ether oxygens (including phenoxy) is 3. The topological polar surface area (TPSA) is 56.8 Å². The number of hydrogen-bond acceptors (Lipinski definition) is 4. The fraction of sp³-hybridized carbons (Fsp3) is 0.278. The minimum absolute atomic E-state index is 0.0706. The highest BCUT2D eigenvalue weighted by atomic mass is 79.9. The van der Waals surface area contributed by atoms with Gasteiger partial charge in [-0.25, -0.2) is 0 Å². The van der Waals surface area contributed by atoms with Crippen molar-refractivity contribution in [2.24, 2.45) is 0 Å². The maximum atomic E-state index is 12.2. The highest BCUT2D eigenvalue weighted by molar-refractivity contribution is 9.10. The van der Waals surface area contributed by atoms with Crippen LogP contribution in [-0.4, -0.2) is 27.2 Å². The van der Waals surface area contributed by atoms with E-state index < -0.39 is 0 Å². The highest BCUT2D eigenvalue weighted by Gasteiger charge is 2.12. The maximum Gasteiger partial charge on any atom is 0.224 e. The molecule has 0 atom stereocenters. The van der Waals surface area contributed by atoms with Gasteiger partial charge in [-0.1, -0.05) is 28.1 Å². The normalized spacial score (nSPS) is 10.2. The summed E-state index contributed by atoms with van der Waals surface area (Å²) in [4.78, 5) is 12.2. The van der Waals surface area contributed by atoms with Crippen LogP contribution in [-0.2, 0) is 17.8 Å². The number of carbonyl (C=O) groups excluding carboxylic acids is 1. The van der Waals surface area contributed by atoms with Crippen molar-refractivity contribution in [3.63, 3.8) is 0 Å². The third kappa shape index (κ3) is 4.64. The van der Waals surface area contributed by atoms with Crippen LogP contribution in [0.3, 0.4) is 0 Å². The number of amides is 1. The first-order valence-electron chi connectivity index (χ1n) is 7.37. The Bertz CT molecular complexity index is 701. The molecule has 5 nitrogen and oxygen atoms in total. The lowest BCUT2D eigenvalue weighted by Crippen LogP contribution is -2.24. The predicted octanol–water partition coefficient (Wildman–Crippen LogP) is 3.33. The van der Waals surface area contributed by atoms with E-state index in [1.54, 1.807) is 33.5 Å². The SMILES string of the molecule is COc1ccc(CNC(=O)Cc2cc(OC)c(OC)cc2Br)cc1. The molecular weight excluding hydrogens is 374 g/mol. The van der Waals surface area contributed by atoms with Crippen molar-refractivity contribution in [3.05, 3.63) is 52.0 Å². The molecule has 6 heteroatoms. The van der Waals surface area contributed by atoms with Crippen LogP contribution < -0.4 is 19.5 Å². The molecule has 24 heavy (non-hydrogen) atoms. The fourth-order valence-electron chi connectivity index (χ4n) is 2.21. The number of hydrogen-bond donors (Lipinski definition) is 1. The zero-order valence-corrected chi connectivity index (χ0v) is 15.5. The molecule has 2 aromatic carbocycles. The minimum Gasteiger partial charge on any atom is -0.497 e. The smallest absolute Gasteiger partial charge is 0.224 e. The number of benzene rings is 2. The number of rotatable bonds is 7. The van der Waals surface area contributed by atoms with E-state index in [2.05, 4.69) is 21.2 Å². The first-order chi connectivity index (χ1) is 11.6. The molecule has 0 heterocycles. The molecule has 0 saturated heterocycles. The lowest BCUT2D eigenvalue weighted by Gasteiger charge is -2.12. The lowest BCUT2D eigenvalue weighted by atomic mass is 10.1. The van der Waals surface area contributed by atoms with Crippen LogP contribution in [0, 0.1) is 0 Å². The molecule has 1 N–H and O–H groups in total. The molecule has 0 fully saturated rings. The molecule has 0 unspecified atom stereocenters. The van der Waals surface area contributed by atoms with Crippen molar-refractivity contribution in [1.29, 1.82) is 0 Å². The molecule has 2 aromatic rings. The summed E-state index contributed by atoms with van der Waals surface area (Å²) in [6.45, 7) is 0.466. The number of nitrogens with one attached hydrogen (secondary N) is 1. The number of carbonyl (C=O) groups is 1. The van der Waals surface area contributed by atoms with Crippen molar-refractivity contribution in [2.45, 2.75) is 13.0 Å². The molecule has 128 valence electrons. The zero-order valence-electron chi connectivity index (χ0n) is 13.9. The maximum absolute atomic E-state index is 12.2. The van der Waals surface area contributed by atoms with E-state index in [0.717, 1.165) is 21.3 Å². The molecule has 1 amide bonds. The van der Waals surface area contributed by atoms with Crippen molar-refractivity contribution in [1.82, 2.24) is 5.32 Å². The second-order valence-corrected chi connectivity index (χ2v) is 5.95. The van der Waals surface area contributed by atoms with Gasteiger partial charge in [-0.05, 0) is 35.4 Å². The number of methoxy groups -OCH3 is 3. The summed E-state index contributed by atoms with van der Waals surface area (Å²) in [5.41, 5.74) is 1.84. The average Bonchev–Trinajstić information content (AvgIpc) is 2.61. The summed E-state index contributed by atoms with van der Waals surface area (Å²) in [6.07, 6.45) is 0.247. The summed E-state index contributed by atoms with van der Waals surface area (Å²) < 4.78 is 16.4. The van der Waals surface area contributed by atoms with Gasteiger partial charge in [-0.3, -0.25) is 4.79 Å². The highest BCUT2D eigenvalue weighted by Crippen LogP contribution is 2.33. The van der Waals surface area contributed by atoms with Gasteiger partial charge >= 0.3 is 0 Å². The van der Waals surface area contributed by atoms with E-state index in [-0.39, 0.29) is 12.3 Å². The van der Waals surface area contributed by atoms with Gasteiger partial charge in [0.2, 0.25) is 5.91 Å². The Morgan fingerprint density at radius 1 is 1.00 bits per heavy atom. The summed E-state index contributed by atoms with van der Waals surface area (Å²) in [5, 5.41) is 2.91. The Morgan fingerprint density at radius 3 is 2.21 bits per heavy atom. The molecule has 0 spiro atoms. The third-order valence-electron chi connectivity index (χ3n) is 3.55. The van der Waals surface area contributed by atoms with Gasteiger partial charge in [0, 0.05) is 11.0 Å². The van der Waals surface area contributed by atoms with Crippen LogP contribution in [0.5, 0.6) is 17.2 Å². The van der Waals surface area contributed by atoms with Crippen LogP contribution in [0.4, 0.5) is 0 Å². The molecule has 0 aliphatic carbocycles. The van der Waals surface area contributed by atoms with E-state index in [9.17, 15) is 4.79 Å². The first kappa shape index (κ1) is 18.1. The van der Waals surface area contributed by atoms with Gasteiger partial charge in [0.15, 0.2) is 11.5 Å². The molecule has 0 aliphatic rings. The average molecular weight is 394 g/mol. The van der Waals surface area contributed by atoms with Crippen LogP contribution >= 0.6 is 15.9 Å². The van der Waals surface area contributed by atoms with E-state index >= 15 is 0 Å². The van der Waals surface area contributed by atoms with E-state index in [0.29, 0.717) is 18.0 Å². The monoisotopic (exact) mass is 393 g/mol. The van der Waals surface area contributed by atoms with Gasteiger partial charge in [0.25, 0.3) is 0 Å². The van der Waals surface area contributed by atoms with E-state index in [1.807, 2.05) is 24.3 Å². The minimum atomic E-state index is -0.0706. The van der Waals surface area contributed by atoms with Crippen LogP contribution in [0.1, 0.15) is 11.1 Å². The standard InChI is InChI=1S/C18H20BrNO4/c1-22-14-6-4-12(5-7-14)11-20-18(21)9-13-8-16(23-2)17(24-3)10-15(13)19/h4-8,10H,9,11H2,1-3H3,(H,20,21). The van der Waals surface area contributed by atoms with Gasteiger partial charge < -0.3 is 19.5 Å². The van der Waals surface area contributed by atoms with Crippen molar-refractivity contribution in [3.8, 4) is 17.2 Å². The Hall–Kier alpha value is -2.21. The molecule has 2 rings (SSSR count). The van der Waals surface area contributed by atoms with E-state index in [4.69, 9.17) is 14.2 Å².